The van der Waals surface area contributed by atoms with E-state index in [-0.39, 0.29) is 47.4 Å². The molecule has 0 bridgehead atoms. The van der Waals surface area contributed by atoms with Gasteiger partial charge in [0.15, 0.2) is 0 Å². The Labute approximate surface area is 162 Å². The second-order valence-corrected chi connectivity index (χ2v) is 9.40. The SMILES string of the molecule is C=C1CCC2[C@H](OC(C)=O)C([C@@]3(C)CC[C@H](N=[N+]=[N-])C[C@@H]3CO)CC[C@]12C. The molecule has 27 heavy (non-hydrogen) atoms. The third-order valence-corrected chi connectivity index (χ3v) is 8.24. The largest absolute Gasteiger partial charge is 0.462 e. The van der Waals surface area contributed by atoms with E-state index in [1.165, 1.54) is 12.5 Å². The molecule has 0 radical (unpaired) electrons. The Bertz CT molecular complexity index is 659. The van der Waals surface area contributed by atoms with Crippen molar-refractivity contribution < 1.29 is 14.6 Å². The highest BCUT2D eigenvalue weighted by atomic mass is 16.5. The predicted octanol–water partition coefficient (Wildman–Crippen LogP) is 4.78. The number of rotatable bonds is 4. The summed E-state index contributed by atoms with van der Waals surface area (Å²) >= 11 is 0. The van der Waals surface area contributed by atoms with Crippen LogP contribution in [0.5, 0.6) is 0 Å². The monoisotopic (exact) mass is 375 g/mol. The summed E-state index contributed by atoms with van der Waals surface area (Å²) in [5.74, 6) is 0.352. The second-order valence-electron chi connectivity index (χ2n) is 9.40. The van der Waals surface area contributed by atoms with Crippen molar-refractivity contribution in [2.75, 3.05) is 6.61 Å². The molecule has 0 saturated heterocycles. The molecule has 0 spiro atoms. The summed E-state index contributed by atoms with van der Waals surface area (Å²) < 4.78 is 5.97. The number of hydrogen-bond acceptors (Lipinski definition) is 4. The molecule has 0 aromatic rings. The van der Waals surface area contributed by atoms with Gasteiger partial charge in [-0.3, -0.25) is 4.79 Å². The van der Waals surface area contributed by atoms with Crippen LogP contribution in [0.3, 0.4) is 0 Å². The van der Waals surface area contributed by atoms with Gasteiger partial charge in [0.25, 0.3) is 0 Å². The number of allylic oxidation sites excluding steroid dienone is 1. The average Bonchev–Trinajstić information content (AvgIpc) is 2.92. The van der Waals surface area contributed by atoms with E-state index in [1.807, 2.05) is 0 Å². The molecule has 3 aliphatic rings. The van der Waals surface area contributed by atoms with Crippen molar-refractivity contribution >= 4 is 5.97 Å². The molecule has 0 amide bonds. The molecule has 3 rings (SSSR count). The number of esters is 1. The molecule has 7 atom stereocenters. The van der Waals surface area contributed by atoms with E-state index in [1.54, 1.807) is 0 Å². The van der Waals surface area contributed by atoms with E-state index >= 15 is 0 Å². The van der Waals surface area contributed by atoms with Crippen LogP contribution in [0.25, 0.3) is 10.4 Å². The van der Waals surface area contributed by atoms with Crippen LogP contribution in [0, 0.1) is 28.6 Å². The van der Waals surface area contributed by atoms with Crippen LogP contribution in [-0.2, 0) is 9.53 Å². The third kappa shape index (κ3) is 3.38. The lowest BCUT2D eigenvalue weighted by Crippen LogP contribution is -2.54. The number of ether oxygens (including phenoxy) is 1. The smallest absolute Gasteiger partial charge is 0.302 e. The molecule has 6 nitrogen and oxygen atoms in total. The minimum absolute atomic E-state index is 0.0456. The van der Waals surface area contributed by atoms with Gasteiger partial charge in [0.1, 0.15) is 6.10 Å². The van der Waals surface area contributed by atoms with E-state index in [4.69, 9.17) is 10.3 Å². The minimum atomic E-state index is -0.223. The van der Waals surface area contributed by atoms with Crippen LogP contribution >= 0.6 is 0 Å². The molecule has 0 heterocycles. The van der Waals surface area contributed by atoms with Crippen LogP contribution in [0.4, 0.5) is 0 Å². The van der Waals surface area contributed by atoms with Crippen molar-refractivity contribution in [1.29, 1.82) is 0 Å². The fourth-order valence-electron chi connectivity index (χ4n) is 6.39. The first-order valence-electron chi connectivity index (χ1n) is 10.3. The van der Waals surface area contributed by atoms with Crippen molar-refractivity contribution in [3.05, 3.63) is 22.6 Å². The maximum atomic E-state index is 12.0. The molecule has 1 N–H and O–H groups in total. The van der Waals surface area contributed by atoms with Crippen molar-refractivity contribution in [3.8, 4) is 0 Å². The van der Waals surface area contributed by atoms with Gasteiger partial charge in [0, 0.05) is 36.3 Å². The van der Waals surface area contributed by atoms with E-state index in [0.29, 0.717) is 12.3 Å². The molecule has 2 unspecified atom stereocenters. The summed E-state index contributed by atoms with van der Waals surface area (Å²) in [6.45, 7) is 10.4. The topological polar surface area (TPSA) is 95.3 Å². The Morgan fingerprint density at radius 3 is 2.70 bits per heavy atom. The molecule has 3 fully saturated rings. The fraction of sp³-hybridized carbons (Fsp3) is 0.857. The van der Waals surface area contributed by atoms with E-state index in [9.17, 15) is 9.90 Å². The molecule has 0 aromatic heterocycles. The zero-order chi connectivity index (χ0) is 19.8. The zero-order valence-electron chi connectivity index (χ0n) is 16.9. The average molecular weight is 376 g/mol. The molecule has 0 aromatic carbocycles. The Kier molecular flexibility index (Phi) is 5.60. The van der Waals surface area contributed by atoms with Crippen molar-refractivity contribution in [3.63, 3.8) is 0 Å². The van der Waals surface area contributed by atoms with Gasteiger partial charge in [-0.15, -0.1) is 0 Å². The van der Waals surface area contributed by atoms with Crippen LogP contribution < -0.4 is 0 Å². The van der Waals surface area contributed by atoms with Gasteiger partial charge < -0.3 is 9.84 Å². The summed E-state index contributed by atoms with van der Waals surface area (Å²) in [7, 11) is 0. The van der Waals surface area contributed by atoms with E-state index < -0.39 is 0 Å². The summed E-state index contributed by atoms with van der Waals surface area (Å²) in [5, 5.41) is 14.0. The van der Waals surface area contributed by atoms with Gasteiger partial charge in [-0.05, 0) is 67.2 Å². The molecular weight excluding hydrogens is 342 g/mol. The first-order chi connectivity index (χ1) is 12.8. The summed E-state index contributed by atoms with van der Waals surface area (Å²) in [6.07, 6.45) is 6.35. The molecule has 6 heteroatoms. The standard InChI is InChI=1S/C21H33N3O3/c1-13-5-6-17-19(27-14(2)26)18(8-10-20(13,17)3)21(4)9-7-16(23-24-22)11-15(21)12-25/h15-19,25H,1,5-12H2,2-4H3/t15-,16+,17?,18?,19+,20-,21+/m1/s1. The van der Waals surface area contributed by atoms with Gasteiger partial charge >= 0.3 is 5.97 Å². The Morgan fingerprint density at radius 2 is 2.07 bits per heavy atom. The zero-order valence-corrected chi connectivity index (χ0v) is 16.9. The number of carbonyl (C=O) groups excluding carboxylic acids is 1. The number of fused-ring (bicyclic) bond motifs is 1. The van der Waals surface area contributed by atoms with Crippen LogP contribution in [0.1, 0.15) is 65.7 Å². The van der Waals surface area contributed by atoms with Gasteiger partial charge in [0.2, 0.25) is 0 Å². The normalized spacial score (nSPS) is 44.3. The summed E-state index contributed by atoms with van der Waals surface area (Å²) in [4.78, 5) is 14.9. The van der Waals surface area contributed by atoms with Crippen molar-refractivity contribution in [1.82, 2.24) is 0 Å². The highest BCUT2D eigenvalue weighted by molar-refractivity contribution is 5.66. The predicted molar refractivity (Wildman–Crippen MR) is 104 cm³/mol. The Hall–Kier alpha value is -1.52. The van der Waals surface area contributed by atoms with Crippen LogP contribution in [-0.4, -0.2) is 29.8 Å². The molecule has 3 aliphatic carbocycles. The highest BCUT2D eigenvalue weighted by Crippen LogP contribution is 2.62. The van der Waals surface area contributed by atoms with Crippen molar-refractivity contribution in [2.45, 2.75) is 77.9 Å². The Balaban J connectivity index is 1.92. The number of hydrogen-bond donors (Lipinski definition) is 1. The van der Waals surface area contributed by atoms with Crippen LogP contribution in [0.15, 0.2) is 17.3 Å². The number of nitrogens with zero attached hydrogens (tertiary/aromatic N) is 3. The van der Waals surface area contributed by atoms with Gasteiger partial charge in [-0.25, -0.2) is 0 Å². The maximum Gasteiger partial charge on any atom is 0.302 e. The first-order valence-corrected chi connectivity index (χ1v) is 10.3. The second kappa shape index (κ2) is 7.48. The summed E-state index contributed by atoms with van der Waals surface area (Å²) in [5.41, 5.74) is 10.00. The number of carbonyl (C=O) groups is 1. The van der Waals surface area contributed by atoms with Gasteiger partial charge in [-0.2, -0.15) is 0 Å². The first kappa shape index (κ1) is 20.2. The highest BCUT2D eigenvalue weighted by Gasteiger charge is 2.58. The van der Waals surface area contributed by atoms with E-state index in [0.717, 1.165) is 38.5 Å². The Morgan fingerprint density at radius 1 is 1.33 bits per heavy atom. The number of aliphatic hydroxyl groups excluding tert-OH is 1. The lowest BCUT2D eigenvalue weighted by atomic mass is 9.51. The van der Waals surface area contributed by atoms with Gasteiger partial charge in [0.05, 0.1) is 0 Å². The maximum absolute atomic E-state index is 12.0. The summed E-state index contributed by atoms with van der Waals surface area (Å²) in [6, 6.07) is -0.0486. The molecule has 150 valence electrons. The lowest BCUT2D eigenvalue weighted by Gasteiger charge is -2.55. The van der Waals surface area contributed by atoms with Crippen LogP contribution in [0.2, 0.25) is 0 Å². The lowest BCUT2D eigenvalue weighted by molar-refractivity contribution is -0.172. The van der Waals surface area contributed by atoms with E-state index in [2.05, 4.69) is 30.5 Å². The van der Waals surface area contributed by atoms with Crippen molar-refractivity contribution in [2.24, 2.45) is 33.7 Å². The number of aliphatic hydroxyl groups is 1. The minimum Gasteiger partial charge on any atom is -0.462 e. The molecule has 3 saturated carbocycles. The van der Waals surface area contributed by atoms with Gasteiger partial charge in [-0.1, -0.05) is 31.1 Å². The third-order valence-electron chi connectivity index (χ3n) is 8.24. The molecule has 0 aliphatic heterocycles. The fourth-order valence-corrected chi connectivity index (χ4v) is 6.39. The quantitative estimate of drug-likeness (QED) is 0.252. The molecular formula is C21H33N3O3. The number of azide groups is 1.